The Morgan fingerprint density at radius 1 is 1.17 bits per heavy atom. The van der Waals surface area contributed by atoms with E-state index in [9.17, 15) is 4.79 Å². The van der Waals surface area contributed by atoms with Gasteiger partial charge in [-0.3, -0.25) is 4.79 Å². The smallest absolute Gasteiger partial charge is 0.244 e. The first-order chi connectivity index (χ1) is 11.5. The molecular formula is C18H19ClN4O. The highest BCUT2D eigenvalue weighted by atomic mass is 35.5. The van der Waals surface area contributed by atoms with Crippen LogP contribution in [0.25, 0.3) is 11.0 Å². The maximum Gasteiger partial charge on any atom is 0.244 e. The van der Waals surface area contributed by atoms with Crippen LogP contribution in [0, 0.1) is 0 Å². The van der Waals surface area contributed by atoms with Crippen molar-refractivity contribution < 1.29 is 4.79 Å². The molecule has 1 heterocycles. The summed E-state index contributed by atoms with van der Waals surface area (Å²) in [7, 11) is 3.96. The van der Waals surface area contributed by atoms with E-state index in [4.69, 9.17) is 11.6 Å². The van der Waals surface area contributed by atoms with Crippen LogP contribution >= 0.6 is 11.6 Å². The molecule has 0 bridgehead atoms. The lowest BCUT2D eigenvalue weighted by Gasteiger charge is -2.13. The van der Waals surface area contributed by atoms with Gasteiger partial charge in [0.15, 0.2) is 0 Å². The van der Waals surface area contributed by atoms with E-state index >= 15 is 0 Å². The highest BCUT2D eigenvalue weighted by Gasteiger charge is 2.14. The summed E-state index contributed by atoms with van der Waals surface area (Å²) in [5.41, 5.74) is 2.45. The van der Waals surface area contributed by atoms with Crippen LogP contribution in [0.15, 0.2) is 48.5 Å². The second-order valence-electron chi connectivity index (χ2n) is 5.87. The normalized spacial score (nSPS) is 11.2. The Hall–Kier alpha value is -2.37. The largest absolute Gasteiger partial charge is 0.323 e. The van der Waals surface area contributed by atoms with E-state index in [1.54, 1.807) is 12.1 Å². The van der Waals surface area contributed by atoms with Crippen LogP contribution in [0.1, 0.15) is 5.82 Å². The topological polar surface area (TPSA) is 50.2 Å². The molecule has 3 aromatic rings. The van der Waals surface area contributed by atoms with Gasteiger partial charge in [-0.2, -0.15) is 0 Å². The number of hydrogen-bond acceptors (Lipinski definition) is 3. The second-order valence-corrected chi connectivity index (χ2v) is 6.28. The molecule has 1 amide bonds. The van der Waals surface area contributed by atoms with Crippen molar-refractivity contribution >= 4 is 34.2 Å². The van der Waals surface area contributed by atoms with E-state index in [0.717, 1.165) is 16.9 Å². The van der Waals surface area contributed by atoms with Gasteiger partial charge in [0.25, 0.3) is 0 Å². The molecule has 6 heteroatoms. The van der Waals surface area contributed by atoms with Crippen molar-refractivity contribution in [1.82, 2.24) is 14.5 Å². The number of nitrogens with one attached hydrogen (secondary N) is 1. The molecule has 0 aliphatic carbocycles. The van der Waals surface area contributed by atoms with Gasteiger partial charge in [0.05, 0.1) is 28.3 Å². The molecule has 1 N–H and O–H groups in total. The number of hydrogen-bond donors (Lipinski definition) is 1. The molecule has 2 aromatic carbocycles. The lowest BCUT2D eigenvalue weighted by atomic mass is 10.3. The van der Waals surface area contributed by atoms with Crippen molar-refractivity contribution in [2.45, 2.75) is 13.1 Å². The number of amides is 1. The molecule has 0 aliphatic rings. The Balaban J connectivity index is 1.88. The molecule has 0 fully saturated rings. The van der Waals surface area contributed by atoms with Gasteiger partial charge in [0.2, 0.25) is 5.91 Å². The molecule has 24 heavy (non-hydrogen) atoms. The first kappa shape index (κ1) is 16.5. The highest BCUT2D eigenvalue weighted by molar-refractivity contribution is 6.33. The van der Waals surface area contributed by atoms with Crippen molar-refractivity contribution in [2.75, 3.05) is 19.4 Å². The average molecular weight is 343 g/mol. The Kier molecular flexibility index (Phi) is 4.83. The van der Waals surface area contributed by atoms with Gasteiger partial charge in [0.1, 0.15) is 12.4 Å². The molecule has 0 saturated heterocycles. The molecule has 0 saturated carbocycles. The van der Waals surface area contributed by atoms with Crippen LogP contribution in [-0.4, -0.2) is 34.5 Å². The predicted octanol–water partition coefficient (Wildman–Crippen LogP) is 3.39. The second kappa shape index (κ2) is 7.03. The van der Waals surface area contributed by atoms with Crippen LogP contribution in [0.5, 0.6) is 0 Å². The van der Waals surface area contributed by atoms with Crippen LogP contribution in [-0.2, 0) is 17.9 Å². The fourth-order valence-electron chi connectivity index (χ4n) is 2.60. The zero-order valence-corrected chi connectivity index (χ0v) is 14.4. The first-order valence-corrected chi connectivity index (χ1v) is 8.05. The van der Waals surface area contributed by atoms with E-state index in [0.29, 0.717) is 17.3 Å². The summed E-state index contributed by atoms with van der Waals surface area (Å²) >= 11 is 6.10. The average Bonchev–Trinajstić information content (AvgIpc) is 2.86. The molecule has 0 atom stereocenters. The first-order valence-electron chi connectivity index (χ1n) is 7.68. The van der Waals surface area contributed by atoms with Crippen LogP contribution in [0.2, 0.25) is 5.02 Å². The quantitative estimate of drug-likeness (QED) is 0.773. The number of rotatable bonds is 5. The molecule has 0 spiro atoms. The molecule has 0 radical (unpaired) electrons. The van der Waals surface area contributed by atoms with E-state index in [-0.39, 0.29) is 12.5 Å². The summed E-state index contributed by atoms with van der Waals surface area (Å²) in [5, 5.41) is 3.38. The molecular weight excluding hydrogens is 324 g/mol. The summed E-state index contributed by atoms with van der Waals surface area (Å²) in [6.07, 6.45) is 0. The van der Waals surface area contributed by atoms with E-state index in [1.165, 1.54) is 0 Å². The summed E-state index contributed by atoms with van der Waals surface area (Å²) in [4.78, 5) is 19.2. The van der Waals surface area contributed by atoms with Gasteiger partial charge in [-0.1, -0.05) is 35.9 Å². The molecule has 3 rings (SSSR count). The number of carbonyl (C=O) groups is 1. The minimum absolute atomic E-state index is 0.133. The minimum Gasteiger partial charge on any atom is -0.323 e. The number of fused-ring (bicyclic) bond motifs is 1. The lowest BCUT2D eigenvalue weighted by molar-refractivity contribution is -0.116. The molecule has 5 nitrogen and oxygen atoms in total. The number of para-hydroxylation sites is 3. The SMILES string of the molecule is CN(C)Cc1nc2ccccc2n1CC(=O)Nc1ccccc1Cl. The van der Waals surface area contributed by atoms with Crippen molar-refractivity contribution in [2.24, 2.45) is 0 Å². The third-order valence-electron chi connectivity index (χ3n) is 3.64. The molecule has 124 valence electrons. The third kappa shape index (κ3) is 3.58. The number of nitrogens with zero attached hydrogens (tertiary/aromatic N) is 3. The number of benzene rings is 2. The van der Waals surface area contributed by atoms with Crippen LogP contribution in [0.3, 0.4) is 0 Å². The summed E-state index contributed by atoms with van der Waals surface area (Å²) in [6, 6.07) is 15.0. The molecule has 1 aromatic heterocycles. The van der Waals surface area contributed by atoms with Crippen molar-refractivity contribution in [1.29, 1.82) is 0 Å². The van der Waals surface area contributed by atoms with Gasteiger partial charge in [-0.05, 0) is 38.4 Å². The van der Waals surface area contributed by atoms with Crippen LogP contribution < -0.4 is 5.32 Å². The van der Waals surface area contributed by atoms with E-state index < -0.39 is 0 Å². The standard InChI is InChI=1S/C18H19ClN4O/c1-22(2)11-17-20-15-9-5-6-10-16(15)23(17)12-18(24)21-14-8-4-3-7-13(14)19/h3-10H,11-12H2,1-2H3,(H,21,24). The van der Waals surface area contributed by atoms with Crippen molar-refractivity contribution in [3.8, 4) is 0 Å². The van der Waals surface area contributed by atoms with Crippen molar-refractivity contribution in [3.05, 3.63) is 59.4 Å². The number of aromatic nitrogens is 2. The Labute approximate surface area is 145 Å². The van der Waals surface area contributed by atoms with E-state index in [1.807, 2.05) is 60.0 Å². The minimum atomic E-state index is -0.133. The predicted molar refractivity (Wildman–Crippen MR) is 97.2 cm³/mol. The Morgan fingerprint density at radius 2 is 1.88 bits per heavy atom. The molecule has 0 unspecified atom stereocenters. The summed E-state index contributed by atoms with van der Waals surface area (Å²) in [6.45, 7) is 0.850. The number of imidazole rings is 1. The molecule has 0 aliphatic heterocycles. The Morgan fingerprint density at radius 3 is 2.62 bits per heavy atom. The zero-order valence-electron chi connectivity index (χ0n) is 13.7. The fraction of sp³-hybridized carbons (Fsp3) is 0.222. The van der Waals surface area contributed by atoms with Gasteiger partial charge >= 0.3 is 0 Å². The maximum atomic E-state index is 12.5. The van der Waals surface area contributed by atoms with Gasteiger partial charge in [-0.15, -0.1) is 0 Å². The van der Waals surface area contributed by atoms with Gasteiger partial charge < -0.3 is 14.8 Å². The van der Waals surface area contributed by atoms with Gasteiger partial charge in [0, 0.05) is 0 Å². The maximum absolute atomic E-state index is 12.5. The highest BCUT2D eigenvalue weighted by Crippen LogP contribution is 2.21. The monoisotopic (exact) mass is 342 g/mol. The van der Waals surface area contributed by atoms with E-state index in [2.05, 4.69) is 10.3 Å². The third-order valence-corrected chi connectivity index (χ3v) is 3.97. The summed E-state index contributed by atoms with van der Waals surface area (Å²) in [5.74, 6) is 0.724. The van der Waals surface area contributed by atoms with Crippen LogP contribution in [0.4, 0.5) is 5.69 Å². The zero-order chi connectivity index (χ0) is 17.1. The van der Waals surface area contributed by atoms with Gasteiger partial charge in [-0.25, -0.2) is 4.98 Å². The number of halogens is 1. The summed E-state index contributed by atoms with van der Waals surface area (Å²) < 4.78 is 1.95. The Bertz CT molecular complexity index is 872. The number of carbonyl (C=O) groups excluding carboxylic acids is 1. The fourth-order valence-corrected chi connectivity index (χ4v) is 2.78. The van der Waals surface area contributed by atoms with Crippen molar-refractivity contribution in [3.63, 3.8) is 0 Å². The number of anilines is 1. The lowest BCUT2D eigenvalue weighted by Crippen LogP contribution is -2.22.